The van der Waals surface area contributed by atoms with Crippen LogP contribution in [0, 0.1) is 5.92 Å². The van der Waals surface area contributed by atoms with Crippen LogP contribution in [0.25, 0.3) is 0 Å². The zero-order valence-corrected chi connectivity index (χ0v) is 10.5. The molecule has 0 bridgehead atoms. The first-order valence-electron chi connectivity index (χ1n) is 5.93. The summed E-state index contributed by atoms with van der Waals surface area (Å²) in [5, 5.41) is 0. The molecule has 1 aliphatic rings. The van der Waals surface area contributed by atoms with Crippen molar-refractivity contribution in [3.8, 4) is 0 Å². The van der Waals surface area contributed by atoms with Crippen molar-refractivity contribution in [2.75, 3.05) is 0 Å². The zero-order valence-electron chi connectivity index (χ0n) is 8.90. The molecule has 0 amide bonds. The van der Waals surface area contributed by atoms with E-state index in [1.807, 2.05) is 0 Å². The van der Waals surface area contributed by atoms with Gasteiger partial charge in [-0.25, -0.2) is 0 Å². The van der Waals surface area contributed by atoms with Crippen LogP contribution in [0.5, 0.6) is 0 Å². The minimum absolute atomic E-state index is 0.799. The SMILES string of the molecule is CC1CCCCCCCC(Br)CC1. The van der Waals surface area contributed by atoms with Gasteiger partial charge in [0, 0.05) is 4.83 Å². The van der Waals surface area contributed by atoms with Crippen molar-refractivity contribution >= 4 is 15.9 Å². The minimum atomic E-state index is 0.799. The molecule has 1 rings (SSSR count). The fourth-order valence-corrected chi connectivity index (χ4v) is 2.73. The third kappa shape index (κ3) is 5.72. The van der Waals surface area contributed by atoms with E-state index < -0.39 is 0 Å². The second kappa shape index (κ2) is 6.86. The molecule has 1 saturated carbocycles. The molecule has 0 spiro atoms. The predicted octanol–water partition coefficient (Wildman–Crippen LogP) is 4.91. The maximum absolute atomic E-state index is 3.79. The van der Waals surface area contributed by atoms with Crippen molar-refractivity contribution in [2.45, 2.75) is 69.5 Å². The Balaban J connectivity index is 2.24. The molecule has 1 aliphatic carbocycles. The maximum atomic E-state index is 3.79. The van der Waals surface area contributed by atoms with Crippen LogP contribution in [-0.2, 0) is 0 Å². The van der Waals surface area contributed by atoms with Gasteiger partial charge in [-0.1, -0.05) is 61.4 Å². The van der Waals surface area contributed by atoms with Gasteiger partial charge < -0.3 is 0 Å². The van der Waals surface area contributed by atoms with Crippen molar-refractivity contribution < 1.29 is 0 Å². The fraction of sp³-hybridized carbons (Fsp3) is 1.00. The van der Waals surface area contributed by atoms with E-state index in [4.69, 9.17) is 0 Å². The molecule has 0 aromatic heterocycles. The molecule has 2 unspecified atom stereocenters. The molecule has 0 N–H and O–H groups in total. The Morgan fingerprint density at radius 1 is 0.769 bits per heavy atom. The molecule has 78 valence electrons. The Bertz CT molecular complexity index is 108. The second-order valence-corrected chi connectivity index (χ2v) is 5.92. The number of halogens is 1. The van der Waals surface area contributed by atoms with E-state index in [9.17, 15) is 0 Å². The second-order valence-electron chi connectivity index (χ2n) is 4.62. The molecule has 0 nitrogen and oxygen atoms in total. The van der Waals surface area contributed by atoms with Crippen LogP contribution in [0.2, 0.25) is 0 Å². The molecule has 2 atom stereocenters. The standard InChI is InChI=1S/C12H23Br/c1-11-7-5-3-2-4-6-8-12(13)10-9-11/h11-12H,2-10H2,1H3. The van der Waals surface area contributed by atoms with Gasteiger partial charge in [0.1, 0.15) is 0 Å². The third-order valence-corrected chi connectivity index (χ3v) is 4.10. The van der Waals surface area contributed by atoms with Gasteiger partial charge in [0.2, 0.25) is 0 Å². The van der Waals surface area contributed by atoms with Gasteiger partial charge in [-0.15, -0.1) is 0 Å². The molecule has 0 aliphatic heterocycles. The first-order chi connectivity index (χ1) is 6.29. The van der Waals surface area contributed by atoms with Gasteiger partial charge in [-0.05, 0) is 25.2 Å². The zero-order chi connectivity index (χ0) is 9.52. The largest absolute Gasteiger partial charge is 0.0891 e. The summed E-state index contributed by atoms with van der Waals surface area (Å²) < 4.78 is 0. The van der Waals surface area contributed by atoms with Crippen LogP contribution >= 0.6 is 15.9 Å². The van der Waals surface area contributed by atoms with Crippen LogP contribution in [0.15, 0.2) is 0 Å². The van der Waals surface area contributed by atoms with E-state index in [1.165, 1.54) is 57.8 Å². The van der Waals surface area contributed by atoms with Crippen LogP contribution in [0.3, 0.4) is 0 Å². The van der Waals surface area contributed by atoms with Gasteiger partial charge in [-0.2, -0.15) is 0 Å². The number of alkyl halides is 1. The summed E-state index contributed by atoms with van der Waals surface area (Å²) in [6.45, 7) is 2.41. The molecule has 0 radical (unpaired) electrons. The first kappa shape index (κ1) is 11.6. The average Bonchev–Trinajstić information content (AvgIpc) is 2.15. The van der Waals surface area contributed by atoms with Crippen molar-refractivity contribution in [2.24, 2.45) is 5.92 Å². The van der Waals surface area contributed by atoms with Gasteiger partial charge in [0.05, 0.1) is 0 Å². The highest BCUT2D eigenvalue weighted by molar-refractivity contribution is 9.09. The Labute approximate surface area is 91.6 Å². The summed E-state index contributed by atoms with van der Waals surface area (Å²) in [6.07, 6.45) is 13.0. The molecule has 13 heavy (non-hydrogen) atoms. The van der Waals surface area contributed by atoms with E-state index in [0.29, 0.717) is 0 Å². The monoisotopic (exact) mass is 246 g/mol. The van der Waals surface area contributed by atoms with Crippen LogP contribution in [-0.4, -0.2) is 4.83 Å². The first-order valence-corrected chi connectivity index (χ1v) is 6.84. The minimum Gasteiger partial charge on any atom is -0.0891 e. The molecule has 1 fully saturated rings. The highest BCUT2D eigenvalue weighted by atomic mass is 79.9. The summed E-state index contributed by atoms with van der Waals surface area (Å²) >= 11 is 3.79. The van der Waals surface area contributed by atoms with Crippen molar-refractivity contribution in [1.82, 2.24) is 0 Å². The lowest BCUT2D eigenvalue weighted by molar-refractivity contribution is 0.451. The molecule has 0 saturated heterocycles. The van der Waals surface area contributed by atoms with Crippen LogP contribution in [0.1, 0.15) is 64.7 Å². The third-order valence-electron chi connectivity index (χ3n) is 3.19. The lowest BCUT2D eigenvalue weighted by Crippen LogP contribution is -2.01. The topological polar surface area (TPSA) is 0 Å². The molecular weight excluding hydrogens is 224 g/mol. The van der Waals surface area contributed by atoms with Crippen molar-refractivity contribution in [1.29, 1.82) is 0 Å². The normalized spacial score (nSPS) is 33.7. The lowest BCUT2D eigenvalue weighted by atomic mass is 9.97. The highest BCUT2D eigenvalue weighted by Crippen LogP contribution is 2.24. The molecule has 1 heteroatoms. The van der Waals surface area contributed by atoms with Crippen LogP contribution < -0.4 is 0 Å². The smallest absolute Gasteiger partial charge is 0.0145 e. The maximum Gasteiger partial charge on any atom is 0.0145 e. The number of rotatable bonds is 0. The van der Waals surface area contributed by atoms with Crippen LogP contribution in [0.4, 0.5) is 0 Å². The summed E-state index contributed by atoms with van der Waals surface area (Å²) in [5.74, 6) is 0.957. The number of hydrogen-bond donors (Lipinski definition) is 0. The average molecular weight is 247 g/mol. The summed E-state index contributed by atoms with van der Waals surface area (Å²) in [5.41, 5.74) is 0. The summed E-state index contributed by atoms with van der Waals surface area (Å²) in [7, 11) is 0. The van der Waals surface area contributed by atoms with Gasteiger partial charge in [0.15, 0.2) is 0 Å². The highest BCUT2D eigenvalue weighted by Gasteiger charge is 2.09. The van der Waals surface area contributed by atoms with E-state index in [0.717, 1.165) is 10.7 Å². The Morgan fingerprint density at radius 3 is 2.15 bits per heavy atom. The van der Waals surface area contributed by atoms with Gasteiger partial charge >= 0.3 is 0 Å². The Hall–Kier alpha value is 0.480. The lowest BCUT2D eigenvalue weighted by Gasteiger charge is -2.12. The molecule has 0 aromatic rings. The quantitative estimate of drug-likeness (QED) is 0.533. The van der Waals surface area contributed by atoms with Crippen molar-refractivity contribution in [3.63, 3.8) is 0 Å². The van der Waals surface area contributed by atoms with Crippen molar-refractivity contribution in [3.05, 3.63) is 0 Å². The summed E-state index contributed by atoms with van der Waals surface area (Å²) in [6, 6.07) is 0. The predicted molar refractivity (Wildman–Crippen MR) is 63.4 cm³/mol. The number of hydrogen-bond acceptors (Lipinski definition) is 0. The van der Waals surface area contributed by atoms with Gasteiger partial charge in [0.25, 0.3) is 0 Å². The molecular formula is C12H23Br. The Kier molecular flexibility index (Phi) is 6.10. The van der Waals surface area contributed by atoms with Gasteiger partial charge in [-0.3, -0.25) is 0 Å². The molecule has 0 aromatic carbocycles. The Morgan fingerprint density at radius 2 is 1.38 bits per heavy atom. The van der Waals surface area contributed by atoms with E-state index in [-0.39, 0.29) is 0 Å². The molecule has 0 heterocycles. The van der Waals surface area contributed by atoms with E-state index >= 15 is 0 Å². The summed E-state index contributed by atoms with van der Waals surface area (Å²) in [4.78, 5) is 0.799. The fourth-order valence-electron chi connectivity index (χ4n) is 2.14. The van der Waals surface area contributed by atoms with E-state index in [2.05, 4.69) is 22.9 Å². The van der Waals surface area contributed by atoms with E-state index in [1.54, 1.807) is 0 Å².